The predicted molar refractivity (Wildman–Crippen MR) is 81.7 cm³/mol. The number of ether oxygens (including phenoxy) is 1. The number of aromatic hydroxyl groups is 1. The van der Waals surface area contributed by atoms with E-state index in [1.165, 1.54) is 0 Å². The van der Waals surface area contributed by atoms with Crippen LogP contribution in [0.25, 0.3) is 0 Å². The molecule has 0 spiro atoms. The number of hydrogen-bond acceptors (Lipinski definition) is 3. The molecule has 110 valence electrons. The molecule has 21 heavy (non-hydrogen) atoms. The maximum atomic E-state index is 11.9. The molecule has 0 saturated heterocycles. The Kier molecular flexibility index (Phi) is 5.21. The van der Waals surface area contributed by atoms with Crippen LogP contribution in [0.3, 0.4) is 0 Å². The van der Waals surface area contributed by atoms with Gasteiger partial charge in [0.25, 0.3) is 5.91 Å². The first kappa shape index (κ1) is 14.9. The second-order valence-corrected chi connectivity index (χ2v) is 4.74. The highest BCUT2D eigenvalue weighted by molar-refractivity contribution is 5.97. The van der Waals surface area contributed by atoms with Gasteiger partial charge >= 0.3 is 0 Å². The van der Waals surface area contributed by atoms with Crippen molar-refractivity contribution >= 4 is 5.91 Å². The summed E-state index contributed by atoms with van der Waals surface area (Å²) in [5.41, 5.74) is 0.994. The summed E-state index contributed by atoms with van der Waals surface area (Å²) in [6.07, 6.45) is 0.702. The van der Waals surface area contributed by atoms with E-state index in [0.717, 1.165) is 5.75 Å². The van der Waals surface area contributed by atoms with Crippen LogP contribution < -0.4 is 10.1 Å². The highest BCUT2D eigenvalue weighted by atomic mass is 16.5. The third-order valence-corrected chi connectivity index (χ3v) is 3.10. The Morgan fingerprint density at radius 2 is 1.90 bits per heavy atom. The van der Waals surface area contributed by atoms with Gasteiger partial charge in [0.05, 0.1) is 12.2 Å². The highest BCUT2D eigenvalue weighted by Gasteiger charge is 2.11. The van der Waals surface area contributed by atoms with E-state index in [-0.39, 0.29) is 11.7 Å². The summed E-state index contributed by atoms with van der Waals surface area (Å²) in [4.78, 5) is 11.9. The smallest absolute Gasteiger partial charge is 0.255 e. The number of carbonyl (C=O) groups excluding carboxylic acids is 1. The first-order chi connectivity index (χ1) is 10.2. The molecule has 0 heterocycles. The largest absolute Gasteiger partial charge is 0.507 e. The molecule has 0 aliphatic heterocycles. The van der Waals surface area contributed by atoms with Gasteiger partial charge in [0, 0.05) is 6.54 Å². The zero-order chi connectivity index (χ0) is 15.1. The van der Waals surface area contributed by atoms with Crippen molar-refractivity contribution < 1.29 is 14.6 Å². The van der Waals surface area contributed by atoms with Crippen LogP contribution in [0.2, 0.25) is 0 Å². The van der Waals surface area contributed by atoms with E-state index in [1.807, 2.05) is 30.3 Å². The molecule has 0 aliphatic rings. The highest BCUT2D eigenvalue weighted by Crippen LogP contribution is 2.20. The minimum atomic E-state index is -0.268. The molecular weight excluding hydrogens is 266 g/mol. The molecular formula is C17H19NO3. The molecule has 0 unspecified atom stereocenters. The number of carbonyl (C=O) groups is 1. The lowest BCUT2D eigenvalue weighted by molar-refractivity contribution is 0.0949. The van der Waals surface area contributed by atoms with Crippen molar-refractivity contribution in [3.63, 3.8) is 0 Å². The Bertz CT molecular complexity index is 596. The fourth-order valence-electron chi connectivity index (χ4n) is 1.92. The molecule has 0 radical (unpaired) electrons. The van der Waals surface area contributed by atoms with Crippen LogP contribution in [0.15, 0.2) is 48.5 Å². The summed E-state index contributed by atoms with van der Waals surface area (Å²) >= 11 is 0. The number of aryl methyl sites for hydroxylation is 1. The first-order valence-corrected chi connectivity index (χ1v) is 6.93. The van der Waals surface area contributed by atoms with Gasteiger partial charge in [-0.25, -0.2) is 0 Å². The summed E-state index contributed by atoms with van der Waals surface area (Å²) in [6, 6.07) is 14.7. The van der Waals surface area contributed by atoms with Gasteiger partial charge in [0.2, 0.25) is 0 Å². The molecule has 2 N–H and O–H groups in total. The second-order valence-electron chi connectivity index (χ2n) is 4.74. The molecule has 0 fully saturated rings. The van der Waals surface area contributed by atoms with Gasteiger partial charge in [-0.05, 0) is 37.1 Å². The topological polar surface area (TPSA) is 58.6 Å². The van der Waals surface area contributed by atoms with Crippen molar-refractivity contribution in [2.45, 2.75) is 13.3 Å². The summed E-state index contributed by atoms with van der Waals surface area (Å²) in [5.74, 6) is 0.589. The zero-order valence-corrected chi connectivity index (χ0v) is 12.0. The summed E-state index contributed by atoms with van der Waals surface area (Å²) in [5, 5.41) is 12.6. The molecule has 0 aromatic heterocycles. The van der Waals surface area contributed by atoms with Crippen molar-refractivity contribution in [2.75, 3.05) is 13.2 Å². The maximum absolute atomic E-state index is 11.9. The second kappa shape index (κ2) is 7.33. The minimum Gasteiger partial charge on any atom is -0.507 e. The zero-order valence-electron chi connectivity index (χ0n) is 12.0. The van der Waals surface area contributed by atoms with Crippen molar-refractivity contribution in [1.29, 1.82) is 0 Å². The molecule has 0 atom stereocenters. The lowest BCUT2D eigenvalue weighted by Gasteiger charge is -2.09. The molecule has 2 aromatic carbocycles. The number of benzene rings is 2. The van der Waals surface area contributed by atoms with Crippen LogP contribution in [0.4, 0.5) is 0 Å². The fourth-order valence-corrected chi connectivity index (χ4v) is 1.92. The molecule has 0 bridgehead atoms. The van der Waals surface area contributed by atoms with Crippen LogP contribution in [-0.4, -0.2) is 24.2 Å². The van der Waals surface area contributed by atoms with Gasteiger partial charge in [-0.2, -0.15) is 0 Å². The third kappa shape index (κ3) is 4.24. The quantitative estimate of drug-likeness (QED) is 0.802. The van der Waals surface area contributed by atoms with Crippen molar-refractivity contribution in [3.8, 4) is 11.5 Å². The molecule has 0 saturated carbocycles. The van der Waals surface area contributed by atoms with Crippen LogP contribution >= 0.6 is 0 Å². The average Bonchev–Trinajstić information content (AvgIpc) is 2.50. The third-order valence-electron chi connectivity index (χ3n) is 3.10. The molecule has 4 heteroatoms. The van der Waals surface area contributed by atoms with Crippen LogP contribution in [-0.2, 0) is 0 Å². The lowest BCUT2D eigenvalue weighted by Crippen LogP contribution is -2.25. The fraction of sp³-hybridized carbons (Fsp3) is 0.235. The molecule has 4 nitrogen and oxygen atoms in total. The average molecular weight is 285 g/mol. The van der Waals surface area contributed by atoms with E-state index >= 15 is 0 Å². The SMILES string of the molecule is Cc1cccc(C(=O)NCCCOc2ccccc2)c1O. The number of phenolic OH excluding ortho intramolecular Hbond substituents is 1. The standard InChI is InChI=1S/C17H19NO3/c1-13-7-5-10-15(16(13)19)17(20)18-11-6-12-21-14-8-3-2-4-9-14/h2-5,7-10,19H,6,11-12H2,1H3,(H,18,20). The van der Waals surface area contributed by atoms with Gasteiger partial charge in [0.15, 0.2) is 0 Å². The maximum Gasteiger partial charge on any atom is 0.255 e. The molecule has 0 aliphatic carbocycles. The van der Waals surface area contributed by atoms with E-state index < -0.39 is 0 Å². The van der Waals surface area contributed by atoms with E-state index in [0.29, 0.717) is 30.7 Å². The predicted octanol–water partition coefficient (Wildman–Crippen LogP) is 2.90. The van der Waals surface area contributed by atoms with Crippen molar-refractivity contribution in [3.05, 3.63) is 59.7 Å². The van der Waals surface area contributed by atoms with Crippen molar-refractivity contribution in [1.82, 2.24) is 5.32 Å². The summed E-state index contributed by atoms with van der Waals surface area (Å²) < 4.78 is 5.54. The summed E-state index contributed by atoms with van der Waals surface area (Å²) in [7, 11) is 0. The Balaban J connectivity index is 1.73. The monoisotopic (exact) mass is 285 g/mol. The van der Waals surface area contributed by atoms with Crippen LogP contribution in [0, 0.1) is 6.92 Å². The van der Waals surface area contributed by atoms with Crippen LogP contribution in [0.1, 0.15) is 22.3 Å². The van der Waals surface area contributed by atoms with Gasteiger partial charge in [-0.1, -0.05) is 30.3 Å². The molecule has 1 amide bonds. The lowest BCUT2D eigenvalue weighted by atomic mass is 10.1. The van der Waals surface area contributed by atoms with Gasteiger partial charge in [-0.3, -0.25) is 4.79 Å². The minimum absolute atomic E-state index is 0.0375. The Labute approximate surface area is 124 Å². The number of phenols is 1. The van der Waals surface area contributed by atoms with E-state index in [2.05, 4.69) is 5.32 Å². The Morgan fingerprint density at radius 1 is 1.14 bits per heavy atom. The van der Waals surface area contributed by atoms with Gasteiger partial charge in [0.1, 0.15) is 11.5 Å². The normalized spacial score (nSPS) is 10.1. The number of hydrogen-bond donors (Lipinski definition) is 2. The first-order valence-electron chi connectivity index (χ1n) is 6.93. The van der Waals surface area contributed by atoms with E-state index in [1.54, 1.807) is 25.1 Å². The van der Waals surface area contributed by atoms with Crippen molar-refractivity contribution in [2.24, 2.45) is 0 Å². The van der Waals surface area contributed by atoms with E-state index in [9.17, 15) is 9.90 Å². The summed E-state index contributed by atoms with van der Waals surface area (Å²) in [6.45, 7) is 2.79. The van der Waals surface area contributed by atoms with Gasteiger partial charge < -0.3 is 15.2 Å². The Morgan fingerprint density at radius 3 is 2.67 bits per heavy atom. The number of rotatable bonds is 6. The molecule has 2 rings (SSSR count). The van der Waals surface area contributed by atoms with Gasteiger partial charge in [-0.15, -0.1) is 0 Å². The van der Waals surface area contributed by atoms with E-state index in [4.69, 9.17) is 4.74 Å². The number of amides is 1. The Hall–Kier alpha value is -2.49. The molecule has 2 aromatic rings. The van der Waals surface area contributed by atoms with Crippen LogP contribution in [0.5, 0.6) is 11.5 Å². The number of para-hydroxylation sites is 2. The number of nitrogens with one attached hydrogen (secondary N) is 1.